The number of rotatable bonds is 2. The largest absolute Gasteiger partial charge is 0.257 e. The lowest BCUT2D eigenvalue weighted by molar-refractivity contribution is 0.584. The van der Waals surface area contributed by atoms with Crippen LogP contribution in [0.5, 0.6) is 0 Å². The molecule has 0 saturated carbocycles. The molecule has 3 N–H and O–H groups in total. The maximum Gasteiger partial charge on any atom is 0.253 e. The third kappa shape index (κ3) is 1.80. The highest BCUT2D eigenvalue weighted by molar-refractivity contribution is 7.89. The summed E-state index contributed by atoms with van der Waals surface area (Å²) in [7, 11) is -3.63. The van der Waals surface area contributed by atoms with Crippen molar-refractivity contribution in [1.82, 2.24) is 14.8 Å². The second kappa shape index (κ2) is 3.54. The van der Waals surface area contributed by atoms with Gasteiger partial charge < -0.3 is 0 Å². The van der Waals surface area contributed by atoms with Crippen molar-refractivity contribution in [2.45, 2.75) is 4.90 Å². The molecule has 6 nitrogen and oxygen atoms in total. The Morgan fingerprint density at radius 3 is 2.47 bits per heavy atom. The number of nitrogens with two attached hydrogens (primary N) is 1. The fourth-order valence-corrected chi connectivity index (χ4v) is 1.83. The summed E-state index contributed by atoms with van der Waals surface area (Å²) in [4.78, 5) is 9.83. The second-order valence-corrected chi connectivity index (χ2v) is 4.54. The summed E-state index contributed by atoms with van der Waals surface area (Å²) in [5.41, 5.74) is 1.14. The average Bonchev–Trinajstić information content (AvgIpc) is 2.28. The first-order chi connectivity index (χ1) is 7.13. The fourth-order valence-electron chi connectivity index (χ4n) is 1.18. The van der Waals surface area contributed by atoms with E-state index in [0.717, 1.165) is 0 Å². The highest BCUT2D eigenvalue weighted by Crippen LogP contribution is 2.14. The standard InChI is InChI=1S/C8H8N4O2S/c9-12-15(13,14)6-1-2-7-8(5-6)11-4-3-10-7/h1-5,12H,9H2. The number of hydrogen-bond acceptors (Lipinski definition) is 5. The maximum atomic E-state index is 11.4. The Morgan fingerprint density at radius 2 is 1.80 bits per heavy atom. The molecule has 0 fully saturated rings. The van der Waals surface area contributed by atoms with Gasteiger partial charge in [0.05, 0.1) is 15.9 Å². The van der Waals surface area contributed by atoms with Gasteiger partial charge in [0.25, 0.3) is 10.0 Å². The molecule has 2 rings (SSSR count). The highest BCUT2D eigenvalue weighted by atomic mass is 32.2. The predicted molar refractivity (Wildman–Crippen MR) is 54.0 cm³/mol. The number of hydrogen-bond donors (Lipinski definition) is 2. The monoisotopic (exact) mass is 224 g/mol. The van der Waals surface area contributed by atoms with Gasteiger partial charge in [0.2, 0.25) is 0 Å². The van der Waals surface area contributed by atoms with Crippen LogP contribution in [0, 0.1) is 0 Å². The van der Waals surface area contributed by atoms with Gasteiger partial charge in [-0.1, -0.05) is 0 Å². The van der Waals surface area contributed by atoms with Crippen molar-refractivity contribution >= 4 is 21.1 Å². The molecule has 1 heterocycles. The minimum atomic E-state index is -3.63. The van der Waals surface area contributed by atoms with E-state index >= 15 is 0 Å². The van der Waals surface area contributed by atoms with Crippen molar-refractivity contribution in [3.63, 3.8) is 0 Å². The van der Waals surface area contributed by atoms with E-state index in [1.165, 1.54) is 24.5 Å². The molecular weight excluding hydrogens is 216 g/mol. The summed E-state index contributed by atoms with van der Waals surface area (Å²) < 4.78 is 22.7. The topological polar surface area (TPSA) is 98.0 Å². The van der Waals surface area contributed by atoms with Gasteiger partial charge in [0, 0.05) is 12.4 Å². The number of sulfonamides is 1. The van der Waals surface area contributed by atoms with E-state index in [2.05, 4.69) is 9.97 Å². The number of nitrogens with zero attached hydrogens (tertiary/aromatic N) is 2. The lowest BCUT2D eigenvalue weighted by atomic mass is 10.3. The Labute approximate surface area is 86.2 Å². The summed E-state index contributed by atoms with van der Waals surface area (Å²) in [5, 5.41) is 0. The highest BCUT2D eigenvalue weighted by Gasteiger charge is 2.12. The molecule has 0 aliphatic heterocycles. The molecular formula is C8H8N4O2S. The Kier molecular flexibility index (Phi) is 2.35. The third-order valence-electron chi connectivity index (χ3n) is 1.91. The quantitative estimate of drug-likeness (QED) is 0.543. The van der Waals surface area contributed by atoms with Gasteiger partial charge in [-0.2, -0.15) is 4.83 Å². The number of aromatic nitrogens is 2. The normalized spacial score (nSPS) is 11.8. The molecule has 2 aromatic rings. The van der Waals surface area contributed by atoms with Crippen molar-refractivity contribution in [3.8, 4) is 0 Å². The Morgan fingerprint density at radius 1 is 1.13 bits per heavy atom. The van der Waals surface area contributed by atoms with Crippen molar-refractivity contribution in [1.29, 1.82) is 0 Å². The van der Waals surface area contributed by atoms with Crippen LogP contribution in [0.1, 0.15) is 0 Å². The van der Waals surface area contributed by atoms with Crippen LogP contribution in [-0.2, 0) is 10.0 Å². The van der Waals surface area contributed by atoms with Gasteiger partial charge in [0.1, 0.15) is 0 Å². The van der Waals surface area contributed by atoms with E-state index in [9.17, 15) is 8.42 Å². The van der Waals surface area contributed by atoms with Crippen molar-refractivity contribution in [3.05, 3.63) is 30.6 Å². The molecule has 78 valence electrons. The van der Waals surface area contributed by atoms with Crippen LogP contribution in [-0.4, -0.2) is 18.4 Å². The summed E-state index contributed by atoms with van der Waals surface area (Å²) >= 11 is 0. The minimum Gasteiger partial charge on any atom is -0.257 e. The number of benzene rings is 1. The Balaban J connectivity index is 2.67. The minimum absolute atomic E-state index is 0.0676. The molecule has 0 aliphatic carbocycles. The molecule has 0 aliphatic rings. The van der Waals surface area contributed by atoms with Gasteiger partial charge in [-0.05, 0) is 18.2 Å². The van der Waals surface area contributed by atoms with Gasteiger partial charge >= 0.3 is 0 Å². The number of nitrogens with one attached hydrogen (secondary N) is 1. The van der Waals surface area contributed by atoms with Gasteiger partial charge in [-0.15, -0.1) is 0 Å². The molecule has 0 saturated heterocycles. The zero-order valence-electron chi connectivity index (χ0n) is 7.58. The fraction of sp³-hybridized carbons (Fsp3) is 0. The summed E-state index contributed by atoms with van der Waals surface area (Å²) in [5.74, 6) is 4.91. The van der Waals surface area contributed by atoms with E-state index in [-0.39, 0.29) is 4.90 Å². The van der Waals surface area contributed by atoms with Gasteiger partial charge in [-0.25, -0.2) is 8.42 Å². The average molecular weight is 224 g/mol. The van der Waals surface area contributed by atoms with Crippen molar-refractivity contribution < 1.29 is 8.42 Å². The van der Waals surface area contributed by atoms with E-state index in [4.69, 9.17) is 5.84 Å². The van der Waals surface area contributed by atoms with E-state index in [1.54, 1.807) is 10.9 Å². The molecule has 0 atom stereocenters. The number of hydrazine groups is 1. The summed E-state index contributed by atoms with van der Waals surface area (Å²) in [6, 6.07) is 4.41. The Hall–Kier alpha value is -1.57. The summed E-state index contributed by atoms with van der Waals surface area (Å²) in [6.07, 6.45) is 3.03. The molecule has 0 amide bonds. The first-order valence-corrected chi connectivity index (χ1v) is 5.55. The lowest BCUT2D eigenvalue weighted by Crippen LogP contribution is -2.30. The molecule has 0 unspecified atom stereocenters. The van der Waals surface area contributed by atoms with Crippen LogP contribution in [0.3, 0.4) is 0 Å². The van der Waals surface area contributed by atoms with Gasteiger partial charge in [-0.3, -0.25) is 15.8 Å². The Bertz CT molecular complexity index is 596. The SMILES string of the molecule is NNS(=O)(=O)c1ccc2nccnc2c1. The van der Waals surface area contributed by atoms with Crippen molar-refractivity contribution in [2.75, 3.05) is 0 Å². The molecule has 7 heteroatoms. The molecule has 0 radical (unpaired) electrons. The van der Waals surface area contributed by atoms with Crippen LogP contribution in [0.15, 0.2) is 35.5 Å². The van der Waals surface area contributed by atoms with Crippen LogP contribution in [0.2, 0.25) is 0 Å². The van der Waals surface area contributed by atoms with Crippen LogP contribution < -0.4 is 10.7 Å². The van der Waals surface area contributed by atoms with E-state index in [0.29, 0.717) is 11.0 Å². The van der Waals surface area contributed by atoms with E-state index < -0.39 is 10.0 Å². The molecule has 15 heavy (non-hydrogen) atoms. The first-order valence-electron chi connectivity index (χ1n) is 4.07. The zero-order chi connectivity index (χ0) is 10.9. The summed E-state index contributed by atoms with van der Waals surface area (Å²) in [6.45, 7) is 0. The van der Waals surface area contributed by atoms with E-state index in [1.807, 2.05) is 0 Å². The first kappa shape index (κ1) is 9.97. The smallest absolute Gasteiger partial charge is 0.253 e. The van der Waals surface area contributed by atoms with Crippen LogP contribution in [0.4, 0.5) is 0 Å². The molecule has 0 spiro atoms. The second-order valence-electron chi connectivity index (χ2n) is 2.83. The maximum absolute atomic E-state index is 11.4. The van der Waals surface area contributed by atoms with Crippen LogP contribution >= 0.6 is 0 Å². The molecule has 0 bridgehead atoms. The predicted octanol–water partition coefficient (Wildman–Crippen LogP) is -0.218. The molecule has 1 aromatic carbocycles. The van der Waals surface area contributed by atoms with Crippen LogP contribution in [0.25, 0.3) is 11.0 Å². The van der Waals surface area contributed by atoms with Crippen molar-refractivity contribution in [2.24, 2.45) is 5.84 Å². The third-order valence-corrected chi connectivity index (χ3v) is 3.09. The van der Waals surface area contributed by atoms with Gasteiger partial charge in [0.15, 0.2) is 0 Å². The lowest BCUT2D eigenvalue weighted by Gasteiger charge is -2.02. The zero-order valence-corrected chi connectivity index (χ0v) is 8.40. The molecule has 1 aromatic heterocycles. The number of fused-ring (bicyclic) bond motifs is 1.